The molecule has 16 heavy (non-hydrogen) atoms. The number of benzene rings is 1. The van der Waals surface area contributed by atoms with E-state index in [4.69, 9.17) is 9.47 Å². The second-order valence-corrected chi connectivity index (χ2v) is 4.33. The molecule has 1 aliphatic heterocycles. The summed E-state index contributed by atoms with van der Waals surface area (Å²) in [5.41, 5.74) is 0.382. The summed E-state index contributed by atoms with van der Waals surface area (Å²) in [7, 11) is 0. The lowest BCUT2D eigenvalue weighted by Gasteiger charge is -2.23. The Balaban J connectivity index is 2.13. The Morgan fingerprint density at radius 2 is 2.00 bits per heavy atom. The Kier molecular flexibility index (Phi) is 2.07. The Morgan fingerprint density at radius 1 is 1.25 bits per heavy atom. The molecule has 1 aromatic carbocycles. The normalized spacial score (nSPS) is 20.6. The van der Waals surface area contributed by atoms with Crippen molar-refractivity contribution >= 4 is 0 Å². The molecule has 0 radical (unpaired) electrons. The van der Waals surface area contributed by atoms with Crippen molar-refractivity contribution in [2.24, 2.45) is 0 Å². The van der Waals surface area contributed by atoms with Crippen molar-refractivity contribution in [3.63, 3.8) is 0 Å². The van der Waals surface area contributed by atoms with E-state index in [1.165, 1.54) is 0 Å². The molecule has 1 saturated carbocycles. The molecule has 3 rings (SSSR count). The number of aliphatic hydroxyl groups is 1. The van der Waals surface area contributed by atoms with Gasteiger partial charge in [-0.2, -0.15) is 0 Å². The van der Waals surface area contributed by atoms with Crippen LogP contribution in [0.1, 0.15) is 24.0 Å². The highest BCUT2D eigenvalue weighted by Crippen LogP contribution is 2.52. The molecule has 1 aliphatic carbocycles. The molecule has 0 amide bonds. The van der Waals surface area contributed by atoms with Crippen LogP contribution in [0.25, 0.3) is 0 Å². The van der Waals surface area contributed by atoms with Crippen molar-refractivity contribution in [1.82, 2.24) is 0 Å². The van der Waals surface area contributed by atoms with Gasteiger partial charge >= 0.3 is 0 Å². The van der Waals surface area contributed by atoms with Gasteiger partial charge in [0, 0.05) is 5.56 Å². The highest BCUT2D eigenvalue weighted by Gasteiger charge is 2.45. The minimum Gasteiger partial charge on any atom is -0.486 e. The first-order valence-corrected chi connectivity index (χ1v) is 5.44. The Morgan fingerprint density at radius 3 is 2.69 bits per heavy atom. The molecular weight excluding hydrogens is 211 g/mol. The molecule has 0 spiro atoms. The van der Waals surface area contributed by atoms with Crippen LogP contribution in [0.15, 0.2) is 12.1 Å². The van der Waals surface area contributed by atoms with Crippen LogP contribution in [-0.4, -0.2) is 18.3 Å². The van der Waals surface area contributed by atoms with Gasteiger partial charge in [0.25, 0.3) is 0 Å². The maximum absolute atomic E-state index is 12.7. The summed E-state index contributed by atoms with van der Waals surface area (Å²) in [6.45, 7) is 0.394. The van der Waals surface area contributed by atoms with E-state index >= 15 is 0 Å². The number of halogens is 1. The molecule has 0 atom stereocenters. The number of fused-ring (bicyclic) bond motifs is 1. The zero-order valence-corrected chi connectivity index (χ0v) is 8.83. The second kappa shape index (κ2) is 3.35. The van der Waals surface area contributed by atoms with E-state index in [2.05, 4.69) is 0 Å². The first kappa shape index (κ1) is 9.90. The van der Waals surface area contributed by atoms with Crippen molar-refractivity contribution in [3.8, 4) is 11.5 Å². The molecular formula is C12H13FO3. The second-order valence-electron chi connectivity index (χ2n) is 4.33. The average Bonchev–Trinajstić information content (AvgIpc) is 3.07. The standard InChI is InChI=1S/C12H13FO3/c13-7-8-5-9(12(14)1-2-12)11-10(6-8)15-3-4-16-11/h5-6,14H,1-4,7H2. The van der Waals surface area contributed by atoms with Gasteiger partial charge in [0.2, 0.25) is 0 Å². The lowest BCUT2D eigenvalue weighted by Crippen LogP contribution is -2.19. The van der Waals surface area contributed by atoms with E-state index < -0.39 is 12.3 Å². The monoisotopic (exact) mass is 224 g/mol. The molecule has 2 aliphatic rings. The fourth-order valence-corrected chi connectivity index (χ4v) is 2.02. The first-order chi connectivity index (χ1) is 7.73. The highest BCUT2D eigenvalue weighted by molar-refractivity contribution is 5.54. The Bertz CT molecular complexity index is 427. The molecule has 86 valence electrons. The van der Waals surface area contributed by atoms with E-state index in [-0.39, 0.29) is 0 Å². The van der Waals surface area contributed by atoms with E-state index in [9.17, 15) is 9.50 Å². The van der Waals surface area contributed by atoms with Gasteiger partial charge in [-0.1, -0.05) is 0 Å². The predicted octanol–water partition coefficient (Wildman–Crippen LogP) is 1.91. The number of ether oxygens (including phenoxy) is 2. The van der Waals surface area contributed by atoms with E-state index in [0.717, 1.165) is 0 Å². The van der Waals surface area contributed by atoms with Gasteiger partial charge in [0.1, 0.15) is 19.9 Å². The summed E-state index contributed by atoms with van der Waals surface area (Å²) in [5, 5.41) is 10.1. The largest absolute Gasteiger partial charge is 0.486 e. The smallest absolute Gasteiger partial charge is 0.167 e. The fourth-order valence-electron chi connectivity index (χ4n) is 2.02. The third-order valence-electron chi connectivity index (χ3n) is 3.08. The summed E-state index contributed by atoms with van der Waals surface area (Å²) in [4.78, 5) is 0. The Labute approximate surface area is 92.8 Å². The number of alkyl halides is 1. The van der Waals surface area contributed by atoms with E-state index in [1.807, 2.05) is 0 Å². The summed E-state index contributed by atoms with van der Waals surface area (Å²) in [6, 6.07) is 3.32. The fraction of sp³-hybridized carbons (Fsp3) is 0.500. The van der Waals surface area contributed by atoms with E-state index in [1.54, 1.807) is 12.1 Å². The van der Waals surface area contributed by atoms with Gasteiger partial charge in [-0.3, -0.25) is 0 Å². The quantitative estimate of drug-likeness (QED) is 0.834. The van der Waals surface area contributed by atoms with Crippen molar-refractivity contribution in [1.29, 1.82) is 0 Å². The zero-order valence-electron chi connectivity index (χ0n) is 8.83. The first-order valence-electron chi connectivity index (χ1n) is 5.44. The molecule has 3 nitrogen and oxygen atoms in total. The summed E-state index contributed by atoms with van der Waals surface area (Å²) in [5.74, 6) is 1.14. The van der Waals surface area contributed by atoms with Crippen molar-refractivity contribution < 1.29 is 19.0 Å². The highest BCUT2D eigenvalue weighted by atomic mass is 19.1. The maximum atomic E-state index is 12.7. The minimum atomic E-state index is -0.823. The van der Waals surface area contributed by atoms with Crippen LogP contribution in [0.5, 0.6) is 11.5 Å². The van der Waals surface area contributed by atoms with Crippen LogP contribution in [0.4, 0.5) is 4.39 Å². The zero-order chi connectivity index (χ0) is 11.2. The molecule has 1 N–H and O–H groups in total. The maximum Gasteiger partial charge on any atom is 0.167 e. The lowest BCUT2D eigenvalue weighted by molar-refractivity contribution is 0.130. The van der Waals surface area contributed by atoms with Crippen LogP contribution >= 0.6 is 0 Å². The van der Waals surface area contributed by atoms with Gasteiger partial charge < -0.3 is 14.6 Å². The Hall–Kier alpha value is -1.29. The molecule has 1 aromatic rings. The summed E-state index contributed by atoms with van der Waals surface area (Å²) < 4.78 is 23.6. The van der Waals surface area contributed by atoms with Gasteiger partial charge in [0.15, 0.2) is 11.5 Å². The third kappa shape index (κ3) is 1.45. The number of rotatable bonds is 2. The van der Waals surface area contributed by atoms with Gasteiger partial charge in [-0.15, -0.1) is 0 Å². The molecule has 0 saturated heterocycles. The third-order valence-corrected chi connectivity index (χ3v) is 3.08. The lowest BCUT2D eigenvalue weighted by atomic mass is 10.0. The minimum absolute atomic E-state index is 0.473. The average molecular weight is 224 g/mol. The van der Waals surface area contributed by atoms with Crippen molar-refractivity contribution in [2.75, 3.05) is 13.2 Å². The van der Waals surface area contributed by atoms with Gasteiger partial charge in [0.05, 0.1) is 5.60 Å². The predicted molar refractivity (Wildman–Crippen MR) is 55.4 cm³/mol. The summed E-state index contributed by atoms with van der Waals surface area (Å²) in [6.07, 6.45) is 1.41. The molecule has 1 fully saturated rings. The van der Waals surface area contributed by atoms with Crippen molar-refractivity contribution in [3.05, 3.63) is 23.3 Å². The molecule has 0 bridgehead atoms. The topological polar surface area (TPSA) is 38.7 Å². The van der Waals surface area contributed by atoms with Gasteiger partial charge in [-0.25, -0.2) is 4.39 Å². The molecule has 4 heteroatoms. The van der Waals surface area contributed by atoms with E-state index in [0.29, 0.717) is 48.7 Å². The summed E-state index contributed by atoms with van der Waals surface area (Å²) >= 11 is 0. The van der Waals surface area contributed by atoms with Crippen LogP contribution < -0.4 is 9.47 Å². The van der Waals surface area contributed by atoms with Gasteiger partial charge in [-0.05, 0) is 30.5 Å². The van der Waals surface area contributed by atoms with Crippen molar-refractivity contribution in [2.45, 2.75) is 25.1 Å². The number of hydrogen-bond donors (Lipinski definition) is 1. The molecule has 0 unspecified atom stereocenters. The van der Waals surface area contributed by atoms with Crippen LogP contribution in [0.3, 0.4) is 0 Å². The molecule has 0 aromatic heterocycles. The SMILES string of the molecule is OC1(c2cc(CF)cc3c2OCCO3)CC1. The van der Waals surface area contributed by atoms with Crippen LogP contribution in [-0.2, 0) is 12.3 Å². The van der Waals surface area contributed by atoms with Crippen LogP contribution in [0, 0.1) is 0 Å². The molecule has 1 heterocycles. The number of hydrogen-bond acceptors (Lipinski definition) is 3. The van der Waals surface area contributed by atoms with Crippen LogP contribution in [0.2, 0.25) is 0 Å².